The minimum absolute atomic E-state index is 0.630. The molecule has 4 heteroatoms. The van der Waals surface area contributed by atoms with Crippen LogP contribution in [-0.4, -0.2) is 19.5 Å². The number of hydrogen-bond donors (Lipinski definition) is 0. The lowest BCUT2D eigenvalue weighted by Gasteiger charge is -2.01. The van der Waals surface area contributed by atoms with Gasteiger partial charge in [-0.15, -0.1) is 0 Å². The molecule has 0 saturated carbocycles. The van der Waals surface area contributed by atoms with Crippen molar-refractivity contribution in [2.24, 2.45) is 0 Å². The molecule has 2 rings (SSSR count). The van der Waals surface area contributed by atoms with Gasteiger partial charge in [0.2, 0.25) is 5.95 Å². The van der Waals surface area contributed by atoms with Crippen LogP contribution < -0.4 is 0 Å². The number of aryl methyl sites for hydroxylation is 1. The third kappa shape index (κ3) is 1.42. The molecule has 0 unspecified atom stereocenters. The van der Waals surface area contributed by atoms with Crippen LogP contribution in [0.1, 0.15) is 11.3 Å². The Morgan fingerprint density at radius 3 is 2.50 bits per heavy atom. The molecule has 0 amide bonds. The largest absolute Gasteiger partial charge is 0.272 e. The zero-order valence-electron chi connectivity index (χ0n) is 7.88. The van der Waals surface area contributed by atoms with Gasteiger partial charge in [0, 0.05) is 29.8 Å². The summed E-state index contributed by atoms with van der Waals surface area (Å²) in [5.74, 6) is 0.630. The molecule has 0 aliphatic heterocycles. The first-order chi connectivity index (χ1) is 6.81. The van der Waals surface area contributed by atoms with Crippen molar-refractivity contribution in [1.82, 2.24) is 19.5 Å². The van der Waals surface area contributed by atoms with Gasteiger partial charge in [-0.1, -0.05) is 12.7 Å². The summed E-state index contributed by atoms with van der Waals surface area (Å²) < 4.78 is 1.83. The molecule has 0 N–H and O–H groups in total. The fourth-order valence-corrected chi connectivity index (χ4v) is 1.13. The number of aromatic nitrogens is 4. The monoisotopic (exact) mass is 186 g/mol. The Hall–Kier alpha value is -1.97. The Balaban J connectivity index is 2.43. The molecule has 2 aromatic rings. The zero-order chi connectivity index (χ0) is 9.97. The van der Waals surface area contributed by atoms with Crippen LogP contribution in [0, 0.1) is 6.92 Å². The average Bonchev–Trinajstić information content (AvgIpc) is 2.65. The van der Waals surface area contributed by atoms with Crippen LogP contribution in [0.5, 0.6) is 0 Å². The Morgan fingerprint density at radius 1 is 1.29 bits per heavy atom. The molecule has 0 aliphatic carbocycles. The maximum Gasteiger partial charge on any atom is 0.235 e. The molecule has 0 saturated heterocycles. The quantitative estimate of drug-likeness (QED) is 0.715. The van der Waals surface area contributed by atoms with E-state index in [9.17, 15) is 0 Å². The van der Waals surface area contributed by atoms with E-state index in [0.29, 0.717) is 5.95 Å². The van der Waals surface area contributed by atoms with E-state index >= 15 is 0 Å². The first kappa shape index (κ1) is 8.62. The van der Waals surface area contributed by atoms with Crippen molar-refractivity contribution >= 4 is 6.08 Å². The van der Waals surface area contributed by atoms with E-state index in [0.717, 1.165) is 11.3 Å². The van der Waals surface area contributed by atoms with Crippen molar-refractivity contribution in [1.29, 1.82) is 0 Å². The molecule has 0 aliphatic rings. The summed E-state index contributed by atoms with van der Waals surface area (Å²) in [6, 6.07) is 0. The van der Waals surface area contributed by atoms with E-state index in [4.69, 9.17) is 0 Å². The Kier molecular flexibility index (Phi) is 2.10. The maximum absolute atomic E-state index is 4.19. The van der Waals surface area contributed by atoms with E-state index < -0.39 is 0 Å². The molecule has 0 spiro atoms. The van der Waals surface area contributed by atoms with E-state index in [1.54, 1.807) is 31.0 Å². The summed E-state index contributed by atoms with van der Waals surface area (Å²) in [7, 11) is 0. The second-order valence-electron chi connectivity index (χ2n) is 2.93. The fraction of sp³-hybridized carbons (Fsp3) is 0.100. The predicted octanol–water partition coefficient (Wildman–Crippen LogP) is 1.61. The smallest absolute Gasteiger partial charge is 0.235 e. The molecular formula is C10H10N4. The summed E-state index contributed by atoms with van der Waals surface area (Å²) in [5, 5.41) is 0. The van der Waals surface area contributed by atoms with Crippen molar-refractivity contribution in [3.05, 3.63) is 42.8 Å². The third-order valence-corrected chi connectivity index (χ3v) is 1.93. The number of hydrogen-bond acceptors (Lipinski definition) is 3. The number of nitrogens with zero attached hydrogens (tertiary/aromatic N) is 4. The normalized spacial score (nSPS) is 10.1. The first-order valence-corrected chi connectivity index (χ1v) is 4.25. The lowest BCUT2D eigenvalue weighted by Crippen LogP contribution is -2.00. The number of rotatable bonds is 2. The van der Waals surface area contributed by atoms with Gasteiger partial charge < -0.3 is 0 Å². The topological polar surface area (TPSA) is 43.6 Å². The van der Waals surface area contributed by atoms with Gasteiger partial charge in [0.25, 0.3) is 0 Å². The van der Waals surface area contributed by atoms with E-state index in [1.807, 2.05) is 11.5 Å². The molecule has 4 nitrogen and oxygen atoms in total. The molecule has 14 heavy (non-hydrogen) atoms. The second kappa shape index (κ2) is 3.41. The van der Waals surface area contributed by atoms with Crippen molar-refractivity contribution in [3.63, 3.8) is 0 Å². The van der Waals surface area contributed by atoms with Crippen molar-refractivity contribution in [2.45, 2.75) is 6.92 Å². The first-order valence-electron chi connectivity index (χ1n) is 4.25. The molecule has 2 aromatic heterocycles. The standard InChI is InChI=1S/C10H10N4/c1-3-9-5-12-10(13-6-9)14-7-11-4-8(14)2/h3-7H,1H2,2H3. The predicted molar refractivity (Wildman–Crippen MR) is 54.0 cm³/mol. The summed E-state index contributed by atoms with van der Waals surface area (Å²) in [6.07, 6.45) is 8.64. The van der Waals surface area contributed by atoms with Crippen LogP contribution in [0.15, 0.2) is 31.5 Å². The van der Waals surface area contributed by atoms with E-state index in [-0.39, 0.29) is 0 Å². The molecule has 0 bridgehead atoms. The highest BCUT2D eigenvalue weighted by Crippen LogP contribution is 2.05. The summed E-state index contributed by atoms with van der Waals surface area (Å²) in [5.41, 5.74) is 1.92. The van der Waals surface area contributed by atoms with E-state index in [1.165, 1.54) is 0 Å². The highest BCUT2D eigenvalue weighted by Gasteiger charge is 2.01. The minimum Gasteiger partial charge on any atom is -0.272 e. The Labute approximate surface area is 82.0 Å². The third-order valence-electron chi connectivity index (χ3n) is 1.93. The van der Waals surface area contributed by atoms with Gasteiger partial charge in [-0.3, -0.25) is 4.57 Å². The lowest BCUT2D eigenvalue weighted by molar-refractivity contribution is 0.894. The van der Waals surface area contributed by atoms with Crippen LogP contribution in [0.25, 0.3) is 12.0 Å². The second-order valence-corrected chi connectivity index (χ2v) is 2.93. The van der Waals surface area contributed by atoms with Crippen LogP contribution in [0.2, 0.25) is 0 Å². The van der Waals surface area contributed by atoms with Gasteiger partial charge in [0.05, 0.1) is 0 Å². The van der Waals surface area contributed by atoms with Crippen LogP contribution in [-0.2, 0) is 0 Å². The van der Waals surface area contributed by atoms with Crippen molar-refractivity contribution in [2.75, 3.05) is 0 Å². The molecular weight excluding hydrogens is 176 g/mol. The molecule has 0 fully saturated rings. The van der Waals surface area contributed by atoms with Crippen LogP contribution >= 0.6 is 0 Å². The SMILES string of the molecule is C=Cc1cnc(-n2cncc2C)nc1. The summed E-state index contributed by atoms with van der Waals surface area (Å²) >= 11 is 0. The minimum atomic E-state index is 0.630. The Bertz CT molecular complexity index is 441. The highest BCUT2D eigenvalue weighted by atomic mass is 15.2. The Morgan fingerprint density at radius 2 is 2.00 bits per heavy atom. The summed E-state index contributed by atoms with van der Waals surface area (Å²) in [6.45, 7) is 5.60. The van der Waals surface area contributed by atoms with Gasteiger partial charge in [0.15, 0.2) is 0 Å². The van der Waals surface area contributed by atoms with Gasteiger partial charge >= 0.3 is 0 Å². The molecule has 70 valence electrons. The molecule has 2 heterocycles. The van der Waals surface area contributed by atoms with Crippen molar-refractivity contribution in [3.8, 4) is 5.95 Å². The fourth-order valence-electron chi connectivity index (χ4n) is 1.13. The van der Waals surface area contributed by atoms with E-state index in [2.05, 4.69) is 21.5 Å². The molecule has 0 radical (unpaired) electrons. The average molecular weight is 186 g/mol. The zero-order valence-corrected chi connectivity index (χ0v) is 7.88. The lowest BCUT2D eigenvalue weighted by atomic mass is 10.3. The highest BCUT2D eigenvalue weighted by molar-refractivity contribution is 5.43. The van der Waals surface area contributed by atoms with Gasteiger partial charge in [-0.25, -0.2) is 15.0 Å². The maximum atomic E-state index is 4.19. The van der Waals surface area contributed by atoms with Crippen LogP contribution in [0.4, 0.5) is 0 Å². The van der Waals surface area contributed by atoms with Gasteiger partial charge in [-0.2, -0.15) is 0 Å². The van der Waals surface area contributed by atoms with Gasteiger partial charge in [-0.05, 0) is 6.92 Å². The molecule has 0 atom stereocenters. The van der Waals surface area contributed by atoms with Crippen molar-refractivity contribution < 1.29 is 0 Å². The number of imidazole rings is 1. The van der Waals surface area contributed by atoms with Crippen LogP contribution in [0.3, 0.4) is 0 Å². The van der Waals surface area contributed by atoms with Gasteiger partial charge in [0.1, 0.15) is 6.33 Å². The molecule has 0 aromatic carbocycles. The summed E-state index contributed by atoms with van der Waals surface area (Å²) in [4.78, 5) is 12.4.